The van der Waals surface area contributed by atoms with E-state index in [0.717, 1.165) is 31.2 Å². The number of nitrogens with zero attached hydrogens (tertiary/aromatic N) is 3. The Balaban J connectivity index is 1.94. The van der Waals surface area contributed by atoms with Gasteiger partial charge in [0, 0.05) is 23.9 Å². The molecule has 1 aromatic carbocycles. The highest BCUT2D eigenvalue weighted by atomic mass is 19.4. The molecule has 0 aliphatic heterocycles. The van der Waals surface area contributed by atoms with Gasteiger partial charge in [-0.25, -0.2) is 4.98 Å². The lowest BCUT2D eigenvalue weighted by molar-refractivity contribution is -0.385. The zero-order valence-corrected chi connectivity index (χ0v) is 12.5. The van der Waals surface area contributed by atoms with E-state index >= 15 is 0 Å². The fraction of sp³-hybridized carbons (Fsp3) is 0.312. The summed E-state index contributed by atoms with van der Waals surface area (Å²) in [4.78, 5) is 16.4. The van der Waals surface area contributed by atoms with E-state index in [1.807, 2.05) is 0 Å². The molecule has 1 fully saturated rings. The van der Waals surface area contributed by atoms with Gasteiger partial charge >= 0.3 is 6.18 Å². The predicted octanol–water partition coefficient (Wildman–Crippen LogP) is 4.18. The summed E-state index contributed by atoms with van der Waals surface area (Å²) in [7, 11) is 0. The number of para-hydroxylation sites is 1. The highest BCUT2D eigenvalue weighted by Crippen LogP contribution is 2.36. The second kappa shape index (κ2) is 6.10. The van der Waals surface area contributed by atoms with Crippen LogP contribution in [0.2, 0.25) is 0 Å². The Morgan fingerprint density at radius 3 is 2.58 bits per heavy atom. The zero-order chi connectivity index (χ0) is 17.3. The summed E-state index contributed by atoms with van der Waals surface area (Å²) < 4.78 is 38.7. The van der Waals surface area contributed by atoms with Crippen molar-refractivity contribution in [2.75, 3.05) is 4.90 Å². The third-order valence-electron chi connectivity index (χ3n) is 3.88. The van der Waals surface area contributed by atoms with Gasteiger partial charge in [0.1, 0.15) is 5.82 Å². The average molecular weight is 337 g/mol. The minimum absolute atomic E-state index is 0.0462. The first kappa shape index (κ1) is 16.2. The van der Waals surface area contributed by atoms with Gasteiger partial charge in [0.25, 0.3) is 5.69 Å². The highest BCUT2D eigenvalue weighted by molar-refractivity contribution is 5.48. The van der Waals surface area contributed by atoms with Crippen molar-refractivity contribution in [2.45, 2.75) is 31.6 Å². The molecule has 1 heterocycles. The molecule has 24 heavy (non-hydrogen) atoms. The molecule has 0 amide bonds. The maximum atomic E-state index is 12.9. The monoisotopic (exact) mass is 337 g/mol. The van der Waals surface area contributed by atoms with Crippen LogP contribution < -0.4 is 4.90 Å². The molecular formula is C16H14F3N3O2. The van der Waals surface area contributed by atoms with Crippen LogP contribution in [0.3, 0.4) is 0 Å². The highest BCUT2D eigenvalue weighted by Gasteiger charge is 2.34. The van der Waals surface area contributed by atoms with E-state index in [9.17, 15) is 23.3 Å². The summed E-state index contributed by atoms with van der Waals surface area (Å²) in [6.07, 6.45) is -1.67. The van der Waals surface area contributed by atoms with Gasteiger partial charge < -0.3 is 4.90 Å². The standard InChI is InChI=1S/C16H14F3N3O2/c17-16(18,19)12-7-8-20-15(9-12)21(13-5-6-13)10-11-3-1-2-4-14(11)22(23)24/h1-4,7-9,13H,5-6,10H2. The normalized spacial score (nSPS) is 14.5. The summed E-state index contributed by atoms with van der Waals surface area (Å²) in [5.74, 6) is 0.186. The summed E-state index contributed by atoms with van der Waals surface area (Å²) >= 11 is 0. The molecule has 0 spiro atoms. The van der Waals surface area contributed by atoms with Gasteiger partial charge in [0.2, 0.25) is 0 Å². The predicted molar refractivity (Wildman–Crippen MR) is 81.5 cm³/mol. The quantitative estimate of drug-likeness (QED) is 0.607. The molecule has 0 radical (unpaired) electrons. The van der Waals surface area contributed by atoms with Crippen LogP contribution in [0, 0.1) is 10.1 Å². The molecule has 0 N–H and O–H groups in total. The summed E-state index contributed by atoms with van der Waals surface area (Å²) in [5.41, 5.74) is -0.371. The van der Waals surface area contributed by atoms with Crippen LogP contribution in [0.4, 0.5) is 24.7 Å². The molecule has 1 saturated carbocycles. The number of nitro groups is 1. The van der Waals surface area contributed by atoms with Crippen molar-refractivity contribution in [1.29, 1.82) is 0 Å². The largest absolute Gasteiger partial charge is 0.416 e. The van der Waals surface area contributed by atoms with Crippen LogP contribution in [-0.4, -0.2) is 15.9 Å². The lowest BCUT2D eigenvalue weighted by Crippen LogP contribution is -2.26. The Morgan fingerprint density at radius 2 is 1.96 bits per heavy atom. The number of pyridine rings is 1. The van der Waals surface area contributed by atoms with Crippen molar-refractivity contribution < 1.29 is 18.1 Å². The van der Waals surface area contributed by atoms with Crippen LogP contribution in [0.5, 0.6) is 0 Å². The van der Waals surface area contributed by atoms with Crippen LogP contribution in [0.1, 0.15) is 24.0 Å². The lowest BCUT2D eigenvalue weighted by Gasteiger charge is -2.24. The molecule has 126 valence electrons. The van der Waals surface area contributed by atoms with Gasteiger partial charge in [0.05, 0.1) is 17.0 Å². The van der Waals surface area contributed by atoms with E-state index in [1.165, 1.54) is 6.07 Å². The van der Waals surface area contributed by atoms with Gasteiger partial charge in [-0.15, -0.1) is 0 Å². The van der Waals surface area contributed by atoms with Gasteiger partial charge in [-0.05, 0) is 25.0 Å². The smallest absolute Gasteiger partial charge is 0.349 e. The molecule has 1 aromatic heterocycles. The third kappa shape index (κ3) is 3.47. The van der Waals surface area contributed by atoms with Crippen molar-refractivity contribution in [3.8, 4) is 0 Å². The maximum Gasteiger partial charge on any atom is 0.416 e. The molecule has 5 nitrogen and oxygen atoms in total. The minimum Gasteiger partial charge on any atom is -0.349 e. The van der Waals surface area contributed by atoms with Gasteiger partial charge in [-0.3, -0.25) is 10.1 Å². The van der Waals surface area contributed by atoms with Crippen LogP contribution >= 0.6 is 0 Å². The molecule has 0 bridgehead atoms. The zero-order valence-electron chi connectivity index (χ0n) is 12.5. The van der Waals surface area contributed by atoms with E-state index in [-0.39, 0.29) is 24.1 Å². The van der Waals surface area contributed by atoms with E-state index in [4.69, 9.17) is 0 Å². The fourth-order valence-electron chi connectivity index (χ4n) is 2.54. The second-order valence-electron chi connectivity index (χ2n) is 5.65. The van der Waals surface area contributed by atoms with Crippen molar-refractivity contribution in [3.05, 3.63) is 63.8 Å². The molecule has 0 saturated heterocycles. The van der Waals surface area contributed by atoms with Crippen molar-refractivity contribution in [3.63, 3.8) is 0 Å². The Kier molecular flexibility index (Phi) is 4.13. The molecule has 0 atom stereocenters. The number of aromatic nitrogens is 1. The van der Waals surface area contributed by atoms with E-state index < -0.39 is 16.7 Å². The van der Waals surface area contributed by atoms with Crippen molar-refractivity contribution in [1.82, 2.24) is 4.98 Å². The molecule has 3 rings (SSSR count). The van der Waals surface area contributed by atoms with Crippen LogP contribution in [0.15, 0.2) is 42.6 Å². The first-order valence-corrected chi connectivity index (χ1v) is 7.38. The number of rotatable bonds is 5. The fourth-order valence-corrected chi connectivity index (χ4v) is 2.54. The molecule has 1 aliphatic carbocycles. The molecule has 2 aromatic rings. The van der Waals surface area contributed by atoms with Crippen molar-refractivity contribution >= 4 is 11.5 Å². The van der Waals surface area contributed by atoms with Crippen molar-refractivity contribution in [2.24, 2.45) is 0 Å². The lowest BCUT2D eigenvalue weighted by atomic mass is 10.1. The van der Waals surface area contributed by atoms with Gasteiger partial charge in [0.15, 0.2) is 0 Å². The first-order chi connectivity index (χ1) is 11.4. The second-order valence-corrected chi connectivity index (χ2v) is 5.65. The number of benzene rings is 1. The van der Waals surface area contributed by atoms with E-state index in [0.29, 0.717) is 5.56 Å². The molecule has 1 aliphatic rings. The number of hydrogen-bond donors (Lipinski definition) is 0. The number of nitro benzene ring substituents is 1. The molecular weight excluding hydrogens is 323 g/mol. The number of anilines is 1. The van der Waals surface area contributed by atoms with E-state index in [1.54, 1.807) is 23.1 Å². The molecule has 8 heteroatoms. The third-order valence-corrected chi connectivity index (χ3v) is 3.88. The van der Waals surface area contributed by atoms with Crippen LogP contribution in [0.25, 0.3) is 0 Å². The Labute approximate surface area is 135 Å². The SMILES string of the molecule is O=[N+]([O-])c1ccccc1CN(c1cc(C(F)(F)F)ccn1)C1CC1. The Morgan fingerprint density at radius 1 is 1.25 bits per heavy atom. The van der Waals surface area contributed by atoms with Gasteiger partial charge in [-0.1, -0.05) is 18.2 Å². The average Bonchev–Trinajstić information content (AvgIpc) is 3.37. The maximum absolute atomic E-state index is 12.9. The number of alkyl halides is 3. The van der Waals surface area contributed by atoms with Crippen LogP contribution in [-0.2, 0) is 12.7 Å². The Hall–Kier alpha value is -2.64. The topological polar surface area (TPSA) is 59.3 Å². The summed E-state index contributed by atoms with van der Waals surface area (Å²) in [6.45, 7) is 0.149. The van der Waals surface area contributed by atoms with Gasteiger partial charge in [-0.2, -0.15) is 13.2 Å². The van der Waals surface area contributed by atoms with E-state index in [2.05, 4.69) is 4.98 Å². The summed E-state index contributed by atoms with van der Waals surface area (Å²) in [5, 5.41) is 11.1. The molecule has 0 unspecified atom stereocenters. The summed E-state index contributed by atoms with van der Waals surface area (Å²) in [6, 6.07) is 8.20. The first-order valence-electron chi connectivity index (χ1n) is 7.38. The number of halogens is 3. The number of hydrogen-bond acceptors (Lipinski definition) is 4. The minimum atomic E-state index is -4.45. The Bertz CT molecular complexity index is 760.